The van der Waals surface area contributed by atoms with Crippen LogP contribution in [0.4, 0.5) is 17.1 Å². The first-order chi connectivity index (χ1) is 11.5. The smallest absolute Gasteiger partial charge is 0.271 e. The summed E-state index contributed by atoms with van der Waals surface area (Å²) >= 11 is 6.40. The van der Waals surface area contributed by atoms with Gasteiger partial charge in [0.05, 0.1) is 21.2 Å². The van der Waals surface area contributed by atoms with E-state index in [0.717, 1.165) is 17.3 Å². The van der Waals surface area contributed by atoms with Crippen molar-refractivity contribution in [2.75, 3.05) is 10.6 Å². The number of amides is 1. The van der Waals surface area contributed by atoms with Crippen LogP contribution >= 0.6 is 24.0 Å². The topological polar surface area (TPSA) is 89.5 Å². The third kappa shape index (κ3) is 3.01. The van der Waals surface area contributed by atoms with Crippen LogP contribution in [0.5, 0.6) is 0 Å². The van der Waals surface area contributed by atoms with E-state index in [4.69, 9.17) is 18.0 Å². The van der Waals surface area contributed by atoms with Crippen LogP contribution in [-0.4, -0.2) is 15.2 Å². The summed E-state index contributed by atoms with van der Waals surface area (Å²) in [6.45, 7) is 0. The summed E-state index contributed by atoms with van der Waals surface area (Å²) < 4.78 is 0.286. The van der Waals surface area contributed by atoms with Crippen molar-refractivity contribution in [1.82, 2.24) is 0 Å². The number of hydrogen-bond donors (Lipinski definition) is 1. The number of benzene rings is 2. The zero-order chi connectivity index (χ0) is 17.3. The standard InChI is InChI=1S/C16H11N3O3S2/c17-12-7-6-11(19(21)22)9-13(12)18-15(20)14(24-16(18)23)8-10-4-2-1-3-5-10/h1-9H,17H2/b14-8-. The van der Waals surface area contributed by atoms with E-state index in [0.29, 0.717) is 4.91 Å². The summed E-state index contributed by atoms with van der Waals surface area (Å²) in [5.74, 6) is -0.346. The molecule has 0 aromatic heterocycles. The lowest BCUT2D eigenvalue weighted by atomic mass is 10.2. The molecule has 0 bridgehead atoms. The number of carbonyl (C=O) groups is 1. The van der Waals surface area contributed by atoms with Crippen molar-refractivity contribution in [3.63, 3.8) is 0 Å². The van der Waals surface area contributed by atoms with E-state index in [1.807, 2.05) is 30.3 Å². The lowest BCUT2D eigenvalue weighted by Crippen LogP contribution is -2.28. The zero-order valence-corrected chi connectivity index (χ0v) is 13.8. The van der Waals surface area contributed by atoms with Gasteiger partial charge in [0, 0.05) is 12.1 Å². The van der Waals surface area contributed by atoms with Crippen LogP contribution in [0.15, 0.2) is 53.4 Å². The molecule has 1 heterocycles. The lowest BCUT2D eigenvalue weighted by Gasteiger charge is -2.16. The highest BCUT2D eigenvalue weighted by molar-refractivity contribution is 8.27. The van der Waals surface area contributed by atoms with Crippen molar-refractivity contribution in [2.24, 2.45) is 0 Å². The van der Waals surface area contributed by atoms with Crippen molar-refractivity contribution in [3.8, 4) is 0 Å². The fourth-order valence-corrected chi connectivity index (χ4v) is 3.50. The third-order valence-electron chi connectivity index (χ3n) is 3.36. The second-order valence-electron chi connectivity index (χ2n) is 4.93. The average molecular weight is 357 g/mol. The summed E-state index contributed by atoms with van der Waals surface area (Å²) in [4.78, 5) is 24.8. The number of anilines is 2. The molecule has 0 aliphatic carbocycles. The van der Waals surface area contributed by atoms with E-state index in [2.05, 4.69) is 0 Å². The molecule has 120 valence electrons. The molecular formula is C16H11N3O3S2. The monoisotopic (exact) mass is 357 g/mol. The molecule has 2 aromatic carbocycles. The molecule has 24 heavy (non-hydrogen) atoms. The van der Waals surface area contributed by atoms with Crippen molar-refractivity contribution in [2.45, 2.75) is 0 Å². The summed E-state index contributed by atoms with van der Waals surface area (Å²) in [5.41, 5.74) is 7.07. The SMILES string of the molecule is Nc1ccc([N+](=O)[O-])cc1N1C(=O)/C(=C/c2ccccc2)SC1=S. The number of carbonyl (C=O) groups excluding carboxylic acids is 1. The van der Waals surface area contributed by atoms with Crippen LogP contribution in [0.1, 0.15) is 5.56 Å². The summed E-state index contributed by atoms with van der Waals surface area (Å²) in [7, 11) is 0. The maximum atomic E-state index is 12.7. The van der Waals surface area contributed by atoms with Gasteiger partial charge in [0.2, 0.25) is 0 Å². The van der Waals surface area contributed by atoms with Gasteiger partial charge in [0.15, 0.2) is 4.32 Å². The van der Waals surface area contributed by atoms with Crippen LogP contribution in [0, 0.1) is 10.1 Å². The van der Waals surface area contributed by atoms with E-state index in [-0.39, 0.29) is 27.3 Å². The minimum Gasteiger partial charge on any atom is -0.397 e. The molecule has 1 aliphatic heterocycles. The fraction of sp³-hybridized carbons (Fsp3) is 0. The minimum absolute atomic E-state index is 0.153. The zero-order valence-electron chi connectivity index (χ0n) is 12.2. The Bertz CT molecular complexity index is 881. The number of nitrogens with two attached hydrogens (primary N) is 1. The minimum atomic E-state index is -0.541. The Kier molecular flexibility index (Phi) is 4.32. The predicted molar refractivity (Wildman–Crippen MR) is 99.6 cm³/mol. The summed E-state index contributed by atoms with van der Waals surface area (Å²) in [6.07, 6.45) is 1.73. The molecule has 0 unspecified atom stereocenters. The maximum Gasteiger partial charge on any atom is 0.271 e. The first-order valence-electron chi connectivity index (χ1n) is 6.84. The van der Waals surface area contributed by atoms with Crippen molar-refractivity contribution in [1.29, 1.82) is 0 Å². The second kappa shape index (κ2) is 6.42. The molecule has 0 spiro atoms. The Morgan fingerprint density at radius 2 is 1.92 bits per heavy atom. The highest BCUT2D eigenvalue weighted by Gasteiger charge is 2.35. The number of rotatable bonds is 3. The van der Waals surface area contributed by atoms with Gasteiger partial charge in [-0.2, -0.15) is 0 Å². The van der Waals surface area contributed by atoms with Gasteiger partial charge in [-0.05, 0) is 17.7 Å². The van der Waals surface area contributed by atoms with E-state index >= 15 is 0 Å². The largest absolute Gasteiger partial charge is 0.397 e. The number of nitrogens with zero attached hydrogens (tertiary/aromatic N) is 2. The second-order valence-corrected chi connectivity index (χ2v) is 6.60. The van der Waals surface area contributed by atoms with Gasteiger partial charge >= 0.3 is 0 Å². The van der Waals surface area contributed by atoms with Crippen molar-refractivity contribution < 1.29 is 9.72 Å². The van der Waals surface area contributed by atoms with Gasteiger partial charge < -0.3 is 5.73 Å². The molecule has 0 radical (unpaired) electrons. The molecule has 1 aliphatic rings. The van der Waals surface area contributed by atoms with Crippen LogP contribution in [0.3, 0.4) is 0 Å². The molecule has 3 rings (SSSR count). The molecule has 2 N–H and O–H groups in total. The molecule has 1 saturated heterocycles. The molecule has 0 saturated carbocycles. The summed E-state index contributed by atoms with van der Waals surface area (Å²) in [5, 5.41) is 11.0. The molecular weight excluding hydrogens is 346 g/mol. The fourth-order valence-electron chi connectivity index (χ4n) is 2.22. The maximum absolute atomic E-state index is 12.7. The van der Waals surface area contributed by atoms with Gasteiger partial charge in [0.1, 0.15) is 0 Å². The van der Waals surface area contributed by atoms with E-state index in [1.165, 1.54) is 23.1 Å². The quantitative estimate of drug-likeness (QED) is 0.297. The van der Waals surface area contributed by atoms with Crippen molar-refractivity contribution >= 4 is 57.3 Å². The molecule has 8 heteroatoms. The Balaban J connectivity index is 2.00. The van der Waals surface area contributed by atoms with Gasteiger partial charge in [-0.1, -0.05) is 54.3 Å². The van der Waals surface area contributed by atoms with Crippen LogP contribution in [0.25, 0.3) is 6.08 Å². The van der Waals surface area contributed by atoms with Gasteiger partial charge in [-0.25, -0.2) is 0 Å². The summed E-state index contributed by atoms with van der Waals surface area (Å²) in [6, 6.07) is 13.3. The highest BCUT2D eigenvalue weighted by Crippen LogP contribution is 2.39. The van der Waals surface area contributed by atoms with E-state index in [1.54, 1.807) is 6.08 Å². The highest BCUT2D eigenvalue weighted by atomic mass is 32.2. The van der Waals surface area contributed by atoms with E-state index in [9.17, 15) is 14.9 Å². The van der Waals surface area contributed by atoms with Crippen molar-refractivity contribution in [3.05, 3.63) is 69.1 Å². The average Bonchev–Trinajstić information content (AvgIpc) is 2.83. The number of thiocarbonyl (C=S) groups is 1. The first-order valence-corrected chi connectivity index (χ1v) is 8.07. The predicted octanol–water partition coefficient (Wildman–Crippen LogP) is 3.58. The Morgan fingerprint density at radius 3 is 2.58 bits per heavy atom. The Morgan fingerprint density at radius 1 is 1.21 bits per heavy atom. The molecule has 2 aromatic rings. The van der Waals surface area contributed by atoms with Crippen LogP contribution in [0.2, 0.25) is 0 Å². The van der Waals surface area contributed by atoms with Crippen LogP contribution < -0.4 is 10.6 Å². The molecule has 6 nitrogen and oxygen atoms in total. The number of nitro groups is 1. The number of nitrogen functional groups attached to an aromatic ring is 1. The van der Waals surface area contributed by atoms with Gasteiger partial charge in [-0.3, -0.25) is 19.8 Å². The number of hydrogen-bond acceptors (Lipinski definition) is 6. The van der Waals surface area contributed by atoms with Crippen LogP contribution in [-0.2, 0) is 4.79 Å². The first kappa shape index (κ1) is 16.2. The van der Waals surface area contributed by atoms with Gasteiger partial charge in [0.25, 0.3) is 11.6 Å². The van der Waals surface area contributed by atoms with E-state index < -0.39 is 4.92 Å². The lowest BCUT2D eigenvalue weighted by molar-refractivity contribution is -0.384. The van der Waals surface area contributed by atoms with Gasteiger partial charge in [-0.15, -0.1) is 0 Å². The number of nitro benzene ring substituents is 1. The number of non-ortho nitro benzene ring substituents is 1. The Labute approximate surface area is 147 Å². The normalized spacial score (nSPS) is 16.0. The Hall–Kier alpha value is -2.71. The number of thioether (sulfide) groups is 1. The molecule has 1 amide bonds. The molecule has 1 fully saturated rings. The third-order valence-corrected chi connectivity index (χ3v) is 4.66. The molecule has 0 atom stereocenters.